The second-order valence-corrected chi connectivity index (χ2v) is 8.07. The first kappa shape index (κ1) is 20.3. The van der Waals surface area contributed by atoms with Gasteiger partial charge in [0.2, 0.25) is 5.91 Å². The van der Waals surface area contributed by atoms with Crippen molar-refractivity contribution < 1.29 is 14.3 Å². The van der Waals surface area contributed by atoms with Crippen LogP contribution in [0.3, 0.4) is 0 Å². The zero-order chi connectivity index (χ0) is 19.6. The van der Waals surface area contributed by atoms with Crippen molar-refractivity contribution in [2.24, 2.45) is 0 Å². The first-order valence-corrected chi connectivity index (χ1v) is 10.8. The topological polar surface area (TPSA) is 67.4 Å². The third-order valence-electron chi connectivity index (χ3n) is 4.67. The van der Waals surface area contributed by atoms with Crippen LogP contribution in [0, 0.1) is 0 Å². The molecule has 148 valence electrons. The van der Waals surface area contributed by atoms with Crippen LogP contribution in [0.4, 0.5) is 4.79 Å². The van der Waals surface area contributed by atoms with Crippen molar-refractivity contribution in [2.45, 2.75) is 38.0 Å². The third-order valence-corrected chi connectivity index (χ3v) is 5.72. The molecular formula is C22H26N2O3S. The number of ether oxygens (including phenoxy) is 1. The molecule has 3 rings (SSSR count). The summed E-state index contributed by atoms with van der Waals surface area (Å²) < 4.78 is 5.30. The van der Waals surface area contributed by atoms with Gasteiger partial charge in [-0.15, -0.1) is 0 Å². The summed E-state index contributed by atoms with van der Waals surface area (Å²) in [6.45, 7) is 0.173. The molecule has 2 aromatic rings. The summed E-state index contributed by atoms with van der Waals surface area (Å²) in [5.41, 5.74) is 1.90. The molecule has 1 aliphatic rings. The van der Waals surface area contributed by atoms with Crippen LogP contribution in [-0.4, -0.2) is 35.6 Å². The van der Waals surface area contributed by atoms with Crippen molar-refractivity contribution >= 4 is 23.8 Å². The molecule has 1 atom stereocenters. The van der Waals surface area contributed by atoms with Crippen LogP contribution in [0.2, 0.25) is 0 Å². The van der Waals surface area contributed by atoms with Gasteiger partial charge in [0.1, 0.15) is 12.6 Å². The van der Waals surface area contributed by atoms with Crippen molar-refractivity contribution in [1.82, 2.24) is 10.6 Å². The fourth-order valence-electron chi connectivity index (χ4n) is 3.11. The largest absolute Gasteiger partial charge is 0.445 e. The highest BCUT2D eigenvalue weighted by molar-refractivity contribution is 7.99. The van der Waals surface area contributed by atoms with Crippen molar-refractivity contribution in [2.75, 3.05) is 11.5 Å². The van der Waals surface area contributed by atoms with Gasteiger partial charge in [-0.1, -0.05) is 60.7 Å². The van der Waals surface area contributed by atoms with Gasteiger partial charge < -0.3 is 15.4 Å². The van der Waals surface area contributed by atoms with E-state index in [4.69, 9.17) is 4.74 Å². The summed E-state index contributed by atoms with van der Waals surface area (Å²) >= 11 is 1.91. The van der Waals surface area contributed by atoms with Gasteiger partial charge in [-0.2, -0.15) is 11.8 Å². The Morgan fingerprint density at radius 3 is 2.21 bits per heavy atom. The predicted octanol–water partition coefficient (Wildman–Crippen LogP) is 3.54. The minimum Gasteiger partial charge on any atom is -0.445 e. The number of rotatable bonds is 7. The second kappa shape index (κ2) is 10.8. The van der Waals surface area contributed by atoms with E-state index in [0.29, 0.717) is 6.42 Å². The number of benzene rings is 2. The van der Waals surface area contributed by atoms with Gasteiger partial charge in [-0.05, 0) is 35.5 Å². The highest BCUT2D eigenvalue weighted by atomic mass is 32.2. The summed E-state index contributed by atoms with van der Waals surface area (Å²) in [6, 6.07) is 18.7. The molecule has 1 fully saturated rings. The number of alkyl carbamates (subject to hydrolysis) is 1. The number of nitrogens with one attached hydrogen (secondary N) is 2. The van der Waals surface area contributed by atoms with Crippen LogP contribution in [-0.2, 0) is 22.6 Å². The molecule has 1 saturated heterocycles. The molecule has 6 heteroatoms. The molecular weight excluding hydrogens is 372 g/mol. The molecule has 2 amide bonds. The SMILES string of the molecule is O=C(NC(Cc1ccccc1)C(=O)NC1CCSCC1)OCc1ccccc1. The molecule has 1 unspecified atom stereocenters. The number of carbonyl (C=O) groups excluding carboxylic acids is 2. The standard InChI is InChI=1S/C22H26N2O3S/c25-21(23-19-11-13-28-14-12-19)20(15-17-7-3-1-4-8-17)24-22(26)27-16-18-9-5-2-6-10-18/h1-10,19-20H,11-16H2,(H,23,25)(H,24,26). The van der Waals surface area contributed by atoms with E-state index in [1.54, 1.807) is 0 Å². The molecule has 5 nitrogen and oxygen atoms in total. The number of carbonyl (C=O) groups is 2. The minimum absolute atomic E-state index is 0.155. The first-order valence-electron chi connectivity index (χ1n) is 9.60. The molecule has 0 spiro atoms. The fourth-order valence-corrected chi connectivity index (χ4v) is 4.22. The number of thioether (sulfide) groups is 1. The smallest absolute Gasteiger partial charge is 0.408 e. The lowest BCUT2D eigenvalue weighted by Gasteiger charge is -2.26. The van der Waals surface area contributed by atoms with Gasteiger partial charge in [0.05, 0.1) is 0 Å². The van der Waals surface area contributed by atoms with E-state index in [-0.39, 0.29) is 18.6 Å². The van der Waals surface area contributed by atoms with Crippen molar-refractivity contribution in [3.8, 4) is 0 Å². The molecule has 0 aliphatic carbocycles. The lowest BCUT2D eigenvalue weighted by atomic mass is 10.0. The summed E-state index contributed by atoms with van der Waals surface area (Å²) in [4.78, 5) is 25.1. The monoisotopic (exact) mass is 398 g/mol. The zero-order valence-corrected chi connectivity index (χ0v) is 16.6. The molecule has 0 bridgehead atoms. The quantitative estimate of drug-likeness (QED) is 0.749. The average Bonchev–Trinajstić information content (AvgIpc) is 2.74. The average molecular weight is 399 g/mol. The highest BCUT2D eigenvalue weighted by Gasteiger charge is 2.25. The molecule has 1 heterocycles. The Morgan fingerprint density at radius 1 is 0.964 bits per heavy atom. The maximum atomic E-state index is 12.8. The number of hydrogen-bond acceptors (Lipinski definition) is 4. The van der Waals surface area contributed by atoms with E-state index in [2.05, 4.69) is 10.6 Å². The van der Waals surface area contributed by atoms with Gasteiger partial charge in [0.15, 0.2) is 0 Å². The summed E-state index contributed by atoms with van der Waals surface area (Å²) in [6.07, 6.45) is 1.77. The van der Waals surface area contributed by atoms with Crippen LogP contribution < -0.4 is 10.6 Å². The lowest BCUT2D eigenvalue weighted by Crippen LogP contribution is -2.51. The van der Waals surface area contributed by atoms with E-state index in [9.17, 15) is 9.59 Å². The Balaban J connectivity index is 1.59. The van der Waals surface area contributed by atoms with Crippen molar-refractivity contribution in [3.05, 3.63) is 71.8 Å². The van der Waals surface area contributed by atoms with Gasteiger partial charge in [-0.3, -0.25) is 4.79 Å². The first-order chi connectivity index (χ1) is 13.7. The van der Waals surface area contributed by atoms with Crippen LogP contribution in [0.25, 0.3) is 0 Å². The Kier molecular flexibility index (Phi) is 7.79. The van der Waals surface area contributed by atoms with Gasteiger partial charge in [0.25, 0.3) is 0 Å². The summed E-state index contributed by atoms with van der Waals surface area (Å²) in [5, 5.41) is 5.84. The second-order valence-electron chi connectivity index (χ2n) is 6.84. The Bertz CT molecular complexity index is 749. The van der Waals surface area contributed by atoms with E-state index < -0.39 is 12.1 Å². The lowest BCUT2D eigenvalue weighted by molar-refractivity contribution is -0.123. The van der Waals surface area contributed by atoms with Gasteiger partial charge in [-0.25, -0.2) is 4.79 Å². The van der Waals surface area contributed by atoms with Crippen LogP contribution >= 0.6 is 11.8 Å². The number of hydrogen-bond donors (Lipinski definition) is 2. The highest BCUT2D eigenvalue weighted by Crippen LogP contribution is 2.17. The maximum Gasteiger partial charge on any atom is 0.408 e. The van der Waals surface area contributed by atoms with E-state index in [0.717, 1.165) is 35.5 Å². The van der Waals surface area contributed by atoms with E-state index >= 15 is 0 Å². The van der Waals surface area contributed by atoms with E-state index in [1.807, 2.05) is 72.4 Å². The fraction of sp³-hybridized carbons (Fsp3) is 0.364. The molecule has 28 heavy (non-hydrogen) atoms. The Labute approximate surface area is 170 Å². The zero-order valence-electron chi connectivity index (χ0n) is 15.8. The summed E-state index contributed by atoms with van der Waals surface area (Å²) in [7, 11) is 0. The molecule has 0 saturated carbocycles. The molecule has 1 aliphatic heterocycles. The molecule has 2 N–H and O–H groups in total. The van der Waals surface area contributed by atoms with Gasteiger partial charge in [0, 0.05) is 12.5 Å². The number of amides is 2. The minimum atomic E-state index is -0.666. The molecule has 0 aromatic heterocycles. The van der Waals surface area contributed by atoms with Crippen molar-refractivity contribution in [3.63, 3.8) is 0 Å². The maximum absolute atomic E-state index is 12.8. The van der Waals surface area contributed by atoms with Crippen LogP contribution in [0.1, 0.15) is 24.0 Å². The van der Waals surface area contributed by atoms with E-state index in [1.165, 1.54) is 0 Å². The Hall–Kier alpha value is -2.47. The summed E-state index contributed by atoms with van der Waals surface area (Å²) in [5.74, 6) is 1.96. The molecule has 0 radical (unpaired) electrons. The Morgan fingerprint density at radius 2 is 1.57 bits per heavy atom. The van der Waals surface area contributed by atoms with Gasteiger partial charge >= 0.3 is 6.09 Å². The normalized spacial score (nSPS) is 15.4. The molecule has 2 aromatic carbocycles. The third kappa shape index (κ3) is 6.60. The predicted molar refractivity (Wildman–Crippen MR) is 112 cm³/mol. The van der Waals surface area contributed by atoms with Crippen molar-refractivity contribution in [1.29, 1.82) is 0 Å². The van der Waals surface area contributed by atoms with Crippen LogP contribution in [0.15, 0.2) is 60.7 Å². The van der Waals surface area contributed by atoms with Crippen LogP contribution in [0.5, 0.6) is 0 Å².